The van der Waals surface area contributed by atoms with Crippen molar-refractivity contribution in [3.63, 3.8) is 0 Å². The summed E-state index contributed by atoms with van der Waals surface area (Å²) in [5, 5.41) is 3.81. The predicted octanol–water partition coefficient (Wildman–Crippen LogP) is 1.13. The molecule has 1 radical (unpaired) electrons. The molecule has 0 aliphatic heterocycles. The van der Waals surface area contributed by atoms with Crippen LogP contribution in [0, 0.1) is 10.6 Å². The maximum atomic E-state index is 3.81. The third kappa shape index (κ3) is 1.15. The van der Waals surface area contributed by atoms with Crippen LogP contribution < -0.4 is 0 Å². The normalized spacial score (nSPS) is 9.43. The van der Waals surface area contributed by atoms with Gasteiger partial charge in [0.2, 0.25) is 0 Å². The van der Waals surface area contributed by atoms with Gasteiger partial charge >= 0.3 is 0 Å². The average molecular weight is 207 g/mol. The first kappa shape index (κ1) is 5.08. The minimum Gasteiger partial charge on any atom is -0.270 e. The van der Waals surface area contributed by atoms with E-state index in [0.717, 1.165) is 3.57 Å². The number of nitrogens with zero attached hydrogens (tertiary/aromatic N) is 2. The number of hydrogen-bond acceptors (Lipinski definition) is 1. The van der Waals surface area contributed by atoms with Crippen molar-refractivity contribution >= 4 is 22.6 Å². The molecule has 7 heavy (non-hydrogen) atoms. The summed E-state index contributed by atoms with van der Waals surface area (Å²) >= 11 is 2.18. The van der Waals surface area contributed by atoms with Gasteiger partial charge in [0, 0.05) is 6.20 Å². The lowest BCUT2D eigenvalue weighted by Crippen LogP contribution is -1.80. The van der Waals surface area contributed by atoms with E-state index in [1.165, 1.54) is 4.68 Å². The van der Waals surface area contributed by atoms with Gasteiger partial charge in [-0.3, -0.25) is 4.68 Å². The zero-order valence-corrected chi connectivity index (χ0v) is 5.79. The van der Waals surface area contributed by atoms with Gasteiger partial charge in [0.15, 0.2) is 0 Å². The third-order valence-corrected chi connectivity index (χ3v) is 1.16. The number of hydrogen-bond donors (Lipinski definition) is 0. The Morgan fingerprint density at radius 3 is 2.71 bits per heavy atom. The van der Waals surface area contributed by atoms with Gasteiger partial charge in [-0.25, -0.2) is 0 Å². The van der Waals surface area contributed by atoms with E-state index in [1.54, 1.807) is 6.20 Å². The SMILES string of the molecule is [CH2]n1cc(I)cn1. The number of aromatic nitrogens is 2. The quantitative estimate of drug-likeness (QED) is 0.583. The fraction of sp³-hybridized carbons (Fsp3) is 0. The highest BCUT2D eigenvalue weighted by Gasteiger charge is 1.84. The summed E-state index contributed by atoms with van der Waals surface area (Å²) < 4.78 is 2.65. The maximum Gasteiger partial charge on any atom is 0.0623 e. The Hall–Kier alpha value is -0.0600. The van der Waals surface area contributed by atoms with Gasteiger partial charge in [0.05, 0.1) is 16.8 Å². The van der Waals surface area contributed by atoms with Gasteiger partial charge in [-0.05, 0) is 22.6 Å². The largest absolute Gasteiger partial charge is 0.270 e. The van der Waals surface area contributed by atoms with Crippen molar-refractivity contribution < 1.29 is 0 Å². The lowest BCUT2D eigenvalue weighted by molar-refractivity contribution is 0.877. The van der Waals surface area contributed by atoms with E-state index in [0.29, 0.717) is 0 Å². The zero-order chi connectivity index (χ0) is 5.28. The second-order valence-corrected chi connectivity index (χ2v) is 2.44. The van der Waals surface area contributed by atoms with Gasteiger partial charge in [-0.1, -0.05) is 0 Å². The summed E-state index contributed by atoms with van der Waals surface area (Å²) in [6.45, 7) is 0. The first-order valence-corrected chi connectivity index (χ1v) is 2.88. The Morgan fingerprint density at radius 2 is 2.57 bits per heavy atom. The highest BCUT2D eigenvalue weighted by Crippen LogP contribution is 1.98. The first-order valence-electron chi connectivity index (χ1n) is 1.80. The van der Waals surface area contributed by atoms with E-state index >= 15 is 0 Å². The Morgan fingerprint density at radius 1 is 1.86 bits per heavy atom. The molecule has 0 atom stereocenters. The molecule has 0 aliphatic carbocycles. The van der Waals surface area contributed by atoms with Crippen molar-refractivity contribution in [1.82, 2.24) is 9.78 Å². The molecule has 0 amide bonds. The lowest BCUT2D eigenvalue weighted by Gasteiger charge is -1.77. The monoisotopic (exact) mass is 207 g/mol. The van der Waals surface area contributed by atoms with Gasteiger partial charge in [0.1, 0.15) is 0 Å². The van der Waals surface area contributed by atoms with Gasteiger partial charge in [-0.15, -0.1) is 0 Å². The zero-order valence-electron chi connectivity index (χ0n) is 3.63. The molecule has 0 aromatic carbocycles. The summed E-state index contributed by atoms with van der Waals surface area (Å²) in [6.07, 6.45) is 3.61. The van der Waals surface area contributed by atoms with Crippen LogP contribution in [0.15, 0.2) is 12.4 Å². The minimum atomic E-state index is 1.12. The molecule has 0 N–H and O–H groups in total. The van der Waals surface area contributed by atoms with Crippen LogP contribution in [-0.2, 0) is 0 Å². The Labute approximate surface area is 55.7 Å². The van der Waals surface area contributed by atoms with E-state index in [4.69, 9.17) is 0 Å². The summed E-state index contributed by atoms with van der Waals surface area (Å²) in [4.78, 5) is 0. The second-order valence-electron chi connectivity index (χ2n) is 1.20. The summed E-state index contributed by atoms with van der Waals surface area (Å²) in [5.74, 6) is 0. The molecule has 0 saturated heterocycles. The second kappa shape index (κ2) is 1.81. The number of rotatable bonds is 0. The number of halogens is 1. The molecule has 1 rings (SSSR count). The van der Waals surface area contributed by atoms with E-state index in [-0.39, 0.29) is 0 Å². The first-order chi connectivity index (χ1) is 3.29. The fourth-order valence-corrected chi connectivity index (χ4v) is 0.784. The summed E-state index contributed by atoms with van der Waals surface area (Å²) in [5.41, 5.74) is 0. The third-order valence-electron chi connectivity index (χ3n) is 0.602. The van der Waals surface area contributed by atoms with Crippen molar-refractivity contribution in [1.29, 1.82) is 0 Å². The van der Waals surface area contributed by atoms with E-state index in [2.05, 4.69) is 34.7 Å². The Balaban J connectivity index is 3.04. The summed E-state index contributed by atoms with van der Waals surface area (Å²) in [6, 6.07) is 0. The molecule has 3 heteroatoms. The van der Waals surface area contributed by atoms with Crippen LogP contribution in [0.5, 0.6) is 0 Å². The van der Waals surface area contributed by atoms with Gasteiger partial charge in [-0.2, -0.15) is 5.10 Å². The molecule has 2 nitrogen and oxygen atoms in total. The molecular formula is C4H4IN2. The standard InChI is InChI=1S/C4H4IN2/c1-7-3-4(5)2-6-7/h2-3H,1H2. The van der Waals surface area contributed by atoms with Gasteiger partial charge < -0.3 is 0 Å². The molecule has 0 aliphatic rings. The minimum absolute atomic E-state index is 1.12. The van der Waals surface area contributed by atoms with Gasteiger partial charge in [0.25, 0.3) is 0 Å². The van der Waals surface area contributed by atoms with Crippen LogP contribution in [0.1, 0.15) is 0 Å². The molecule has 37 valence electrons. The van der Waals surface area contributed by atoms with Crippen molar-refractivity contribution in [2.24, 2.45) is 0 Å². The average Bonchev–Trinajstić information content (AvgIpc) is 1.87. The van der Waals surface area contributed by atoms with E-state index in [9.17, 15) is 0 Å². The Bertz CT molecular complexity index is 142. The Kier molecular flexibility index (Phi) is 1.32. The van der Waals surface area contributed by atoms with Crippen molar-refractivity contribution in [3.8, 4) is 0 Å². The molecule has 0 spiro atoms. The summed E-state index contributed by atoms with van der Waals surface area (Å²) in [7, 11) is 3.54. The molecule has 1 aromatic heterocycles. The van der Waals surface area contributed by atoms with Crippen LogP contribution in [0.3, 0.4) is 0 Å². The molecule has 1 heterocycles. The highest BCUT2D eigenvalue weighted by atomic mass is 127. The molecule has 0 bridgehead atoms. The van der Waals surface area contributed by atoms with Crippen LogP contribution in [0.4, 0.5) is 0 Å². The predicted molar refractivity (Wildman–Crippen MR) is 35.7 cm³/mol. The molecule has 0 fully saturated rings. The highest BCUT2D eigenvalue weighted by molar-refractivity contribution is 14.1. The topological polar surface area (TPSA) is 17.8 Å². The van der Waals surface area contributed by atoms with Crippen LogP contribution in [0.25, 0.3) is 0 Å². The van der Waals surface area contributed by atoms with Crippen molar-refractivity contribution in [2.75, 3.05) is 0 Å². The van der Waals surface area contributed by atoms with Crippen LogP contribution >= 0.6 is 22.6 Å². The van der Waals surface area contributed by atoms with Crippen molar-refractivity contribution in [3.05, 3.63) is 23.0 Å². The smallest absolute Gasteiger partial charge is 0.0623 e. The van der Waals surface area contributed by atoms with E-state index in [1.807, 2.05) is 6.20 Å². The molecule has 1 aromatic rings. The van der Waals surface area contributed by atoms with Crippen molar-refractivity contribution in [2.45, 2.75) is 0 Å². The van der Waals surface area contributed by atoms with Crippen LogP contribution in [-0.4, -0.2) is 9.78 Å². The lowest BCUT2D eigenvalue weighted by atomic mass is 10.8. The molecular weight excluding hydrogens is 203 g/mol. The van der Waals surface area contributed by atoms with E-state index < -0.39 is 0 Å². The molecule has 0 saturated carbocycles. The van der Waals surface area contributed by atoms with Crippen LogP contribution in [0.2, 0.25) is 0 Å². The maximum absolute atomic E-state index is 3.81. The fourth-order valence-electron chi connectivity index (χ4n) is 0.338. The molecule has 0 unspecified atom stereocenters.